The quantitative estimate of drug-likeness (QED) is 0.310. The fourth-order valence-corrected chi connectivity index (χ4v) is 6.45. The van der Waals surface area contributed by atoms with Crippen LogP contribution in [0.2, 0.25) is 0 Å². The number of hydroxylamine groups is 1. The van der Waals surface area contributed by atoms with Gasteiger partial charge in [-0.2, -0.15) is 0 Å². The molecule has 0 bridgehead atoms. The van der Waals surface area contributed by atoms with E-state index in [9.17, 15) is 13.2 Å². The molecule has 1 amide bonds. The largest absolute Gasteiger partial charge is 0.490 e. The first-order valence-corrected chi connectivity index (χ1v) is 12.7. The number of benzene rings is 2. The SMILES string of the molecule is O=C(CC1(S(=O)(=O)c2ccc(OCCOc3ccccc3)cc2)CCN(C2CC2)CC1)NO. The highest BCUT2D eigenvalue weighted by Crippen LogP contribution is 2.41. The third kappa shape index (κ3) is 5.48. The highest BCUT2D eigenvalue weighted by Gasteiger charge is 2.49. The molecule has 2 fully saturated rings. The van der Waals surface area contributed by atoms with E-state index in [1.54, 1.807) is 17.6 Å². The van der Waals surface area contributed by atoms with Gasteiger partial charge < -0.3 is 14.4 Å². The second-order valence-corrected chi connectivity index (χ2v) is 11.0. The minimum absolute atomic E-state index is 0.154. The smallest absolute Gasteiger partial charge is 0.244 e. The summed E-state index contributed by atoms with van der Waals surface area (Å²) >= 11 is 0. The average Bonchev–Trinajstić information content (AvgIpc) is 3.69. The summed E-state index contributed by atoms with van der Waals surface area (Å²) in [6.45, 7) is 1.94. The molecule has 178 valence electrons. The number of rotatable bonds is 10. The molecule has 2 aliphatic rings. The van der Waals surface area contributed by atoms with E-state index in [0.717, 1.165) is 18.6 Å². The van der Waals surface area contributed by atoms with Crippen LogP contribution < -0.4 is 15.0 Å². The first kappa shape index (κ1) is 23.5. The Morgan fingerprint density at radius 2 is 1.55 bits per heavy atom. The van der Waals surface area contributed by atoms with Crippen molar-refractivity contribution >= 4 is 15.7 Å². The van der Waals surface area contributed by atoms with Crippen LogP contribution in [0.25, 0.3) is 0 Å². The number of ether oxygens (including phenoxy) is 2. The molecular formula is C24H30N2O6S. The molecule has 0 radical (unpaired) electrons. The van der Waals surface area contributed by atoms with E-state index in [4.69, 9.17) is 14.7 Å². The number of piperidine rings is 1. The Kier molecular flexibility index (Phi) is 7.21. The number of nitrogens with one attached hydrogen (secondary N) is 1. The summed E-state index contributed by atoms with van der Waals surface area (Å²) in [5.74, 6) is 0.612. The Morgan fingerprint density at radius 3 is 2.09 bits per heavy atom. The Balaban J connectivity index is 1.41. The summed E-state index contributed by atoms with van der Waals surface area (Å²) in [5.41, 5.74) is 1.61. The van der Waals surface area contributed by atoms with Crippen molar-refractivity contribution in [3.05, 3.63) is 54.6 Å². The second kappa shape index (κ2) is 10.1. The zero-order valence-corrected chi connectivity index (χ0v) is 19.3. The van der Waals surface area contributed by atoms with E-state index >= 15 is 0 Å². The maximum Gasteiger partial charge on any atom is 0.244 e. The standard InChI is InChI=1S/C24H30N2O6S/c27-23(25-28)18-24(12-14-26(15-13-24)19-6-7-19)33(29,30)22-10-8-21(9-11-22)32-17-16-31-20-4-2-1-3-5-20/h1-5,8-11,19,28H,6-7,12-18H2,(H,25,27). The van der Waals surface area contributed by atoms with Crippen molar-refractivity contribution in [2.24, 2.45) is 0 Å². The molecule has 33 heavy (non-hydrogen) atoms. The van der Waals surface area contributed by atoms with Crippen LogP contribution in [-0.4, -0.2) is 61.5 Å². The van der Waals surface area contributed by atoms with E-state index in [2.05, 4.69) is 4.90 Å². The van der Waals surface area contributed by atoms with Crippen LogP contribution in [-0.2, 0) is 14.6 Å². The average molecular weight is 475 g/mol. The molecule has 1 saturated carbocycles. The molecule has 4 rings (SSSR count). The summed E-state index contributed by atoms with van der Waals surface area (Å²) in [4.78, 5) is 14.5. The number of likely N-dealkylation sites (tertiary alicyclic amines) is 1. The van der Waals surface area contributed by atoms with Crippen molar-refractivity contribution in [2.75, 3.05) is 26.3 Å². The lowest BCUT2D eigenvalue weighted by molar-refractivity contribution is -0.130. The summed E-state index contributed by atoms with van der Waals surface area (Å²) in [5, 5.41) is 9.05. The fourth-order valence-electron chi connectivity index (χ4n) is 4.41. The van der Waals surface area contributed by atoms with Gasteiger partial charge in [0.25, 0.3) is 0 Å². The molecular weight excluding hydrogens is 444 g/mol. The van der Waals surface area contributed by atoms with E-state index in [1.807, 2.05) is 30.3 Å². The summed E-state index contributed by atoms with van der Waals surface area (Å²) in [6, 6.07) is 16.2. The first-order valence-electron chi connectivity index (χ1n) is 11.3. The van der Waals surface area contributed by atoms with Gasteiger partial charge in [-0.05, 0) is 75.2 Å². The van der Waals surface area contributed by atoms with E-state index < -0.39 is 20.5 Å². The van der Waals surface area contributed by atoms with Crippen LogP contribution in [0.1, 0.15) is 32.1 Å². The molecule has 0 atom stereocenters. The lowest BCUT2D eigenvalue weighted by atomic mass is 9.92. The Labute approximate surface area is 194 Å². The van der Waals surface area contributed by atoms with Gasteiger partial charge in [0, 0.05) is 12.5 Å². The molecule has 9 heteroatoms. The third-order valence-corrected chi connectivity index (χ3v) is 9.03. The highest BCUT2D eigenvalue weighted by molar-refractivity contribution is 7.92. The number of amides is 1. The Hall–Kier alpha value is -2.62. The summed E-state index contributed by atoms with van der Waals surface area (Å²) in [6.07, 6.45) is 2.74. The van der Waals surface area contributed by atoms with Crippen LogP contribution in [0.3, 0.4) is 0 Å². The summed E-state index contributed by atoms with van der Waals surface area (Å²) < 4.78 is 37.3. The number of nitrogens with zero attached hydrogens (tertiary/aromatic N) is 1. The van der Waals surface area contributed by atoms with Crippen LogP contribution >= 0.6 is 0 Å². The lowest BCUT2D eigenvalue weighted by Gasteiger charge is -2.41. The molecule has 0 unspecified atom stereocenters. The second-order valence-electron chi connectivity index (χ2n) is 8.65. The normalized spacial score (nSPS) is 18.5. The van der Waals surface area contributed by atoms with Gasteiger partial charge in [0.15, 0.2) is 9.84 Å². The Bertz CT molecular complexity index is 1030. The summed E-state index contributed by atoms with van der Waals surface area (Å²) in [7, 11) is -3.81. The molecule has 1 aliphatic carbocycles. The zero-order chi connectivity index (χ0) is 23.3. The number of sulfone groups is 1. The molecule has 0 spiro atoms. The topological polar surface area (TPSA) is 105 Å². The van der Waals surface area contributed by atoms with Crippen molar-refractivity contribution in [3.8, 4) is 11.5 Å². The molecule has 2 aromatic carbocycles. The number of hydrogen-bond donors (Lipinski definition) is 2. The maximum atomic E-state index is 13.6. The van der Waals surface area contributed by atoms with Crippen molar-refractivity contribution in [2.45, 2.75) is 47.8 Å². The predicted octanol–water partition coefficient (Wildman–Crippen LogP) is 2.81. The Morgan fingerprint density at radius 1 is 0.970 bits per heavy atom. The molecule has 2 aromatic rings. The van der Waals surface area contributed by atoms with Crippen LogP contribution in [0.5, 0.6) is 11.5 Å². The number of para-hydroxylation sites is 1. The zero-order valence-electron chi connectivity index (χ0n) is 18.5. The lowest BCUT2D eigenvalue weighted by Crippen LogP contribution is -2.51. The minimum atomic E-state index is -3.81. The maximum absolute atomic E-state index is 13.6. The van der Waals surface area contributed by atoms with E-state index in [-0.39, 0.29) is 11.3 Å². The van der Waals surface area contributed by atoms with Crippen molar-refractivity contribution < 1.29 is 27.9 Å². The van der Waals surface area contributed by atoms with Gasteiger partial charge in [0.05, 0.1) is 9.64 Å². The van der Waals surface area contributed by atoms with Gasteiger partial charge >= 0.3 is 0 Å². The van der Waals surface area contributed by atoms with Gasteiger partial charge in [-0.25, -0.2) is 13.9 Å². The number of hydrogen-bond acceptors (Lipinski definition) is 7. The van der Waals surface area contributed by atoms with Crippen LogP contribution in [0, 0.1) is 0 Å². The fraction of sp³-hybridized carbons (Fsp3) is 0.458. The molecule has 1 aliphatic heterocycles. The van der Waals surface area contributed by atoms with Crippen molar-refractivity contribution in [3.63, 3.8) is 0 Å². The monoisotopic (exact) mass is 474 g/mol. The van der Waals surface area contributed by atoms with E-state index in [1.165, 1.54) is 12.1 Å². The molecule has 1 saturated heterocycles. The van der Waals surface area contributed by atoms with Crippen molar-refractivity contribution in [1.29, 1.82) is 0 Å². The molecule has 1 heterocycles. The highest BCUT2D eigenvalue weighted by atomic mass is 32.2. The van der Waals surface area contributed by atoms with Crippen LogP contribution in [0.15, 0.2) is 59.5 Å². The number of carbonyl (C=O) groups excluding carboxylic acids is 1. The predicted molar refractivity (Wildman–Crippen MR) is 122 cm³/mol. The first-order chi connectivity index (χ1) is 15.9. The van der Waals surface area contributed by atoms with E-state index in [0.29, 0.717) is 50.9 Å². The van der Waals surface area contributed by atoms with Crippen LogP contribution in [0.4, 0.5) is 0 Å². The van der Waals surface area contributed by atoms with Gasteiger partial charge in [-0.1, -0.05) is 18.2 Å². The van der Waals surface area contributed by atoms with Gasteiger partial charge in [-0.3, -0.25) is 10.0 Å². The third-order valence-electron chi connectivity index (χ3n) is 6.45. The minimum Gasteiger partial charge on any atom is -0.490 e. The molecule has 2 N–H and O–H groups in total. The number of carbonyl (C=O) groups is 1. The molecule has 8 nitrogen and oxygen atoms in total. The van der Waals surface area contributed by atoms with Gasteiger partial charge in [0.2, 0.25) is 5.91 Å². The van der Waals surface area contributed by atoms with Crippen molar-refractivity contribution in [1.82, 2.24) is 10.4 Å². The molecule has 0 aromatic heterocycles. The van der Waals surface area contributed by atoms with Gasteiger partial charge in [0.1, 0.15) is 24.7 Å². The van der Waals surface area contributed by atoms with Gasteiger partial charge in [-0.15, -0.1) is 0 Å².